The van der Waals surface area contributed by atoms with E-state index in [0.29, 0.717) is 11.6 Å². The molecule has 1 unspecified atom stereocenters. The van der Waals surface area contributed by atoms with Crippen molar-refractivity contribution in [1.29, 1.82) is 0 Å². The maximum Gasteiger partial charge on any atom is 0.272 e. The quantitative estimate of drug-likeness (QED) is 0.856. The lowest BCUT2D eigenvalue weighted by Crippen LogP contribution is -2.27. The van der Waals surface area contributed by atoms with Gasteiger partial charge >= 0.3 is 0 Å². The van der Waals surface area contributed by atoms with Gasteiger partial charge in [0.25, 0.3) is 5.91 Å². The predicted octanol–water partition coefficient (Wildman–Crippen LogP) is 1.60. The number of hydrogen-bond donors (Lipinski definition) is 2. The van der Waals surface area contributed by atoms with Crippen LogP contribution in [-0.2, 0) is 0 Å². The summed E-state index contributed by atoms with van der Waals surface area (Å²) in [5, 5.41) is 5.62. The predicted molar refractivity (Wildman–Crippen MR) is 66.2 cm³/mol. The molecule has 0 saturated heterocycles. The molecule has 0 spiro atoms. The van der Waals surface area contributed by atoms with Crippen LogP contribution in [0, 0.1) is 0 Å². The fourth-order valence-electron chi connectivity index (χ4n) is 1.45. The molecule has 6 heteroatoms. The van der Waals surface area contributed by atoms with Gasteiger partial charge < -0.3 is 15.1 Å². The average molecular weight is 246 g/mol. The second-order valence-corrected chi connectivity index (χ2v) is 3.75. The fourth-order valence-corrected chi connectivity index (χ4v) is 1.45. The van der Waals surface area contributed by atoms with Crippen LogP contribution in [0.3, 0.4) is 0 Å². The summed E-state index contributed by atoms with van der Waals surface area (Å²) in [4.78, 5) is 19.9. The molecule has 0 bridgehead atoms. The number of carbonyl (C=O) groups is 1. The van der Waals surface area contributed by atoms with Crippen molar-refractivity contribution in [1.82, 2.24) is 15.3 Å². The first-order chi connectivity index (χ1) is 8.70. The Balaban J connectivity index is 2.03. The lowest BCUT2D eigenvalue weighted by Gasteiger charge is -2.10. The molecular weight excluding hydrogens is 232 g/mol. The first-order valence-electron chi connectivity index (χ1n) is 5.54. The van der Waals surface area contributed by atoms with Gasteiger partial charge in [-0.3, -0.25) is 4.79 Å². The molecule has 2 rings (SSSR count). The third-order valence-corrected chi connectivity index (χ3v) is 2.46. The van der Waals surface area contributed by atoms with Gasteiger partial charge in [0.05, 0.1) is 24.7 Å². The monoisotopic (exact) mass is 246 g/mol. The number of rotatable bonds is 4. The lowest BCUT2D eigenvalue weighted by molar-refractivity contribution is 0.0930. The summed E-state index contributed by atoms with van der Waals surface area (Å²) in [6.45, 7) is 1.84. The second kappa shape index (κ2) is 5.31. The lowest BCUT2D eigenvalue weighted by atomic mass is 10.2. The zero-order valence-electron chi connectivity index (χ0n) is 10.2. The number of hydrogen-bond acceptors (Lipinski definition) is 5. The van der Waals surface area contributed by atoms with Crippen molar-refractivity contribution in [2.24, 2.45) is 0 Å². The van der Waals surface area contributed by atoms with E-state index < -0.39 is 0 Å². The standard InChI is InChI=1S/C12H14N4O2/c1-8(10-4-3-5-18-10)16-12(17)9-6-15-11(13-2)7-14-9/h3-8H,1-2H3,(H,13,15)(H,16,17). The van der Waals surface area contributed by atoms with Crippen LogP contribution in [-0.4, -0.2) is 22.9 Å². The highest BCUT2D eigenvalue weighted by Crippen LogP contribution is 2.12. The van der Waals surface area contributed by atoms with Gasteiger partial charge in [0.15, 0.2) is 0 Å². The summed E-state index contributed by atoms with van der Waals surface area (Å²) in [6.07, 6.45) is 4.50. The van der Waals surface area contributed by atoms with E-state index in [0.717, 1.165) is 0 Å². The number of aromatic nitrogens is 2. The van der Waals surface area contributed by atoms with Crippen LogP contribution in [0.15, 0.2) is 35.2 Å². The average Bonchev–Trinajstić information content (AvgIpc) is 2.92. The van der Waals surface area contributed by atoms with Gasteiger partial charge in [0.1, 0.15) is 17.3 Å². The number of anilines is 1. The summed E-state index contributed by atoms with van der Waals surface area (Å²) in [5.41, 5.74) is 0.271. The van der Waals surface area contributed by atoms with Crippen molar-refractivity contribution in [2.45, 2.75) is 13.0 Å². The molecular formula is C12H14N4O2. The molecule has 1 amide bonds. The zero-order chi connectivity index (χ0) is 13.0. The van der Waals surface area contributed by atoms with E-state index in [2.05, 4.69) is 20.6 Å². The molecule has 2 heterocycles. The molecule has 94 valence electrons. The van der Waals surface area contributed by atoms with Gasteiger partial charge in [0.2, 0.25) is 0 Å². The SMILES string of the molecule is CNc1cnc(C(=O)NC(C)c2ccco2)cn1. The molecule has 18 heavy (non-hydrogen) atoms. The van der Waals surface area contributed by atoms with E-state index in [1.54, 1.807) is 25.4 Å². The molecule has 2 aromatic rings. The Labute approximate surface area is 104 Å². The highest BCUT2D eigenvalue weighted by molar-refractivity contribution is 5.92. The summed E-state index contributed by atoms with van der Waals surface area (Å²) in [6, 6.07) is 3.37. The Morgan fingerprint density at radius 3 is 2.78 bits per heavy atom. The van der Waals surface area contributed by atoms with Crippen molar-refractivity contribution >= 4 is 11.7 Å². The topological polar surface area (TPSA) is 80.0 Å². The molecule has 2 N–H and O–H groups in total. The Bertz CT molecular complexity index is 507. The molecule has 0 aliphatic heterocycles. The maximum atomic E-state index is 11.9. The number of nitrogens with one attached hydrogen (secondary N) is 2. The van der Waals surface area contributed by atoms with E-state index in [1.165, 1.54) is 12.4 Å². The molecule has 6 nitrogen and oxygen atoms in total. The van der Waals surface area contributed by atoms with Crippen molar-refractivity contribution in [3.05, 3.63) is 42.2 Å². The van der Waals surface area contributed by atoms with Gasteiger partial charge in [-0.05, 0) is 19.1 Å². The number of nitrogens with zero attached hydrogens (tertiary/aromatic N) is 2. The molecule has 0 radical (unpaired) electrons. The second-order valence-electron chi connectivity index (χ2n) is 3.75. The third-order valence-electron chi connectivity index (χ3n) is 2.46. The fraction of sp³-hybridized carbons (Fsp3) is 0.250. The number of furan rings is 1. The van der Waals surface area contributed by atoms with Crippen LogP contribution < -0.4 is 10.6 Å². The Kier molecular flexibility index (Phi) is 3.57. The minimum absolute atomic E-state index is 0.210. The van der Waals surface area contributed by atoms with Crippen LogP contribution >= 0.6 is 0 Å². The minimum Gasteiger partial charge on any atom is -0.467 e. The molecule has 0 aliphatic carbocycles. The van der Waals surface area contributed by atoms with Crippen LogP contribution in [0.25, 0.3) is 0 Å². The van der Waals surface area contributed by atoms with E-state index in [1.807, 2.05) is 6.92 Å². The van der Waals surface area contributed by atoms with E-state index in [-0.39, 0.29) is 17.6 Å². The molecule has 0 aliphatic rings. The van der Waals surface area contributed by atoms with E-state index >= 15 is 0 Å². The Morgan fingerprint density at radius 2 is 2.22 bits per heavy atom. The Hall–Kier alpha value is -2.37. The largest absolute Gasteiger partial charge is 0.467 e. The first kappa shape index (κ1) is 12.1. The number of amides is 1. The van der Waals surface area contributed by atoms with Gasteiger partial charge in [-0.1, -0.05) is 0 Å². The normalized spacial score (nSPS) is 11.9. The van der Waals surface area contributed by atoms with Crippen molar-refractivity contribution < 1.29 is 9.21 Å². The zero-order valence-corrected chi connectivity index (χ0v) is 10.2. The minimum atomic E-state index is -0.283. The van der Waals surface area contributed by atoms with Crippen LogP contribution in [0.5, 0.6) is 0 Å². The van der Waals surface area contributed by atoms with Crippen LogP contribution in [0.2, 0.25) is 0 Å². The highest BCUT2D eigenvalue weighted by Gasteiger charge is 2.14. The smallest absolute Gasteiger partial charge is 0.272 e. The summed E-state index contributed by atoms with van der Waals surface area (Å²) in [7, 11) is 1.74. The summed E-state index contributed by atoms with van der Waals surface area (Å²) < 4.78 is 5.21. The van der Waals surface area contributed by atoms with Crippen LogP contribution in [0.4, 0.5) is 5.82 Å². The van der Waals surface area contributed by atoms with Crippen molar-refractivity contribution in [3.8, 4) is 0 Å². The van der Waals surface area contributed by atoms with Crippen LogP contribution in [0.1, 0.15) is 29.2 Å². The van der Waals surface area contributed by atoms with E-state index in [9.17, 15) is 4.79 Å². The van der Waals surface area contributed by atoms with Crippen molar-refractivity contribution in [3.63, 3.8) is 0 Å². The maximum absolute atomic E-state index is 11.9. The van der Waals surface area contributed by atoms with Gasteiger partial charge in [-0.2, -0.15) is 0 Å². The molecule has 0 aromatic carbocycles. The first-order valence-corrected chi connectivity index (χ1v) is 5.54. The highest BCUT2D eigenvalue weighted by atomic mass is 16.3. The van der Waals surface area contributed by atoms with E-state index in [4.69, 9.17) is 4.42 Å². The molecule has 2 aromatic heterocycles. The Morgan fingerprint density at radius 1 is 1.39 bits per heavy atom. The van der Waals surface area contributed by atoms with Gasteiger partial charge in [-0.25, -0.2) is 9.97 Å². The summed E-state index contributed by atoms with van der Waals surface area (Å²) in [5.74, 6) is 1.03. The van der Waals surface area contributed by atoms with Crippen molar-refractivity contribution in [2.75, 3.05) is 12.4 Å². The number of carbonyl (C=O) groups excluding carboxylic acids is 1. The molecule has 1 atom stereocenters. The molecule has 0 fully saturated rings. The third kappa shape index (κ3) is 2.65. The van der Waals surface area contributed by atoms with Gasteiger partial charge in [-0.15, -0.1) is 0 Å². The molecule has 0 saturated carbocycles. The van der Waals surface area contributed by atoms with Gasteiger partial charge in [0, 0.05) is 7.05 Å². The summed E-state index contributed by atoms with van der Waals surface area (Å²) >= 11 is 0.